The summed E-state index contributed by atoms with van der Waals surface area (Å²) in [4.78, 5) is 10.5. The molecule has 0 saturated heterocycles. The van der Waals surface area contributed by atoms with E-state index in [0.29, 0.717) is 12.8 Å². The fourth-order valence-corrected chi connectivity index (χ4v) is 1.04. The lowest BCUT2D eigenvalue weighted by Gasteiger charge is -2.01. The van der Waals surface area contributed by atoms with Crippen LogP contribution in [0.15, 0.2) is 24.3 Å². The summed E-state index contributed by atoms with van der Waals surface area (Å²) in [5.41, 5.74) is 9.48. The minimum Gasteiger partial charge on any atom is -0.370 e. The number of halogens is 1. The number of nitrogens with one attached hydrogen (secondary N) is 1. The number of carbonyl (C=O) groups is 1. The van der Waals surface area contributed by atoms with Gasteiger partial charge in [-0.1, -0.05) is 12.1 Å². The van der Waals surface area contributed by atoms with Gasteiger partial charge in [0.15, 0.2) is 0 Å². The summed E-state index contributed by atoms with van der Waals surface area (Å²) in [6.07, 6.45) is 1.07. The first-order chi connectivity index (χ1) is 6.22. The van der Waals surface area contributed by atoms with Crippen molar-refractivity contribution in [2.75, 3.05) is 5.43 Å². The molecule has 1 aromatic carbocycles. The van der Waals surface area contributed by atoms with E-state index >= 15 is 0 Å². The van der Waals surface area contributed by atoms with E-state index < -0.39 is 0 Å². The average molecular weight is 216 g/mol. The number of primary amides is 1. The summed E-state index contributed by atoms with van der Waals surface area (Å²) in [5.74, 6) is 4.92. The third-order valence-electron chi connectivity index (χ3n) is 1.78. The number of nitrogens with two attached hydrogens (primary N) is 2. The smallest absolute Gasteiger partial charge is 0.217 e. The molecule has 78 valence electrons. The van der Waals surface area contributed by atoms with Crippen molar-refractivity contribution in [3.05, 3.63) is 29.8 Å². The van der Waals surface area contributed by atoms with E-state index in [1.165, 1.54) is 0 Å². The summed E-state index contributed by atoms with van der Waals surface area (Å²) in [6.45, 7) is 0. The molecule has 0 aliphatic heterocycles. The van der Waals surface area contributed by atoms with Crippen LogP contribution in [0.3, 0.4) is 0 Å². The highest BCUT2D eigenvalue weighted by molar-refractivity contribution is 5.85. The summed E-state index contributed by atoms with van der Waals surface area (Å²) >= 11 is 0. The molecule has 0 fully saturated rings. The van der Waals surface area contributed by atoms with Gasteiger partial charge >= 0.3 is 0 Å². The minimum atomic E-state index is -0.277. The van der Waals surface area contributed by atoms with E-state index in [4.69, 9.17) is 11.6 Å². The topological polar surface area (TPSA) is 81.1 Å². The highest BCUT2D eigenvalue weighted by atomic mass is 35.5. The second kappa shape index (κ2) is 6.23. The van der Waals surface area contributed by atoms with Crippen LogP contribution < -0.4 is 17.0 Å². The summed E-state index contributed by atoms with van der Waals surface area (Å²) in [7, 11) is 0. The number of rotatable bonds is 4. The molecule has 0 radical (unpaired) electrons. The van der Waals surface area contributed by atoms with Gasteiger partial charge in [-0.05, 0) is 24.1 Å². The van der Waals surface area contributed by atoms with Gasteiger partial charge in [0.2, 0.25) is 5.91 Å². The Morgan fingerprint density at radius 3 is 2.29 bits per heavy atom. The van der Waals surface area contributed by atoms with E-state index in [1.807, 2.05) is 24.3 Å². The van der Waals surface area contributed by atoms with E-state index in [1.54, 1.807) is 0 Å². The predicted molar refractivity (Wildman–Crippen MR) is 59.0 cm³/mol. The van der Waals surface area contributed by atoms with Crippen LogP contribution in [0.25, 0.3) is 0 Å². The molecule has 0 saturated carbocycles. The fourth-order valence-electron chi connectivity index (χ4n) is 1.04. The van der Waals surface area contributed by atoms with Crippen LogP contribution in [-0.4, -0.2) is 5.91 Å². The number of carbonyl (C=O) groups excluding carboxylic acids is 1. The van der Waals surface area contributed by atoms with Crippen LogP contribution in [0.4, 0.5) is 5.69 Å². The summed E-state index contributed by atoms with van der Waals surface area (Å²) in [5, 5.41) is 0. The van der Waals surface area contributed by atoms with Crippen LogP contribution in [0.2, 0.25) is 0 Å². The predicted octanol–water partition coefficient (Wildman–Crippen LogP) is 0.812. The maximum absolute atomic E-state index is 10.5. The molecule has 1 aromatic rings. The van der Waals surface area contributed by atoms with Gasteiger partial charge in [-0.3, -0.25) is 10.6 Å². The van der Waals surface area contributed by atoms with E-state index in [9.17, 15) is 4.79 Å². The molecule has 1 rings (SSSR count). The standard InChI is InChI=1S/C9H13N3O.ClH/c10-9(13)6-3-7-1-4-8(12-11)5-2-7;/h1-2,4-5,12H,3,6,11H2,(H2,10,13);1H. The molecule has 0 aliphatic rings. The Labute approximate surface area is 89.0 Å². The van der Waals surface area contributed by atoms with Crippen LogP contribution in [0.1, 0.15) is 12.0 Å². The second-order valence-electron chi connectivity index (χ2n) is 2.81. The number of hydrogen-bond donors (Lipinski definition) is 3. The van der Waals surface area contributed by atoms with Gasteiger partial charge in [0.05, 0.1) is 0 Å². The molecule has 0 aliphatic carbocycles. The lowest BCUT2D eigenvalue weighted by molar-refractivity contribution is -0.117. The van der Waals surface area contributed by atoms with Crippen LogP contribution >= 0.6 is 12.4 Å². The zero-order chi connectivity index (χ0) is 9.68. The first-order valence-corrected chi connectivity index (χ1v) is 4.06. The number of anilines is 1. The molecule has 4 nitrogen and oxygen atoms in total. The Morgan fingerprint density at radius 2 is 1.86 bits per heavy atom. The number of amides is 1. The van der Waals surface area contributed by atoms with Crippen molar-refractivity contribution < 1.29 is 4.79 Å². The number of nitrogen functional groups attached to an aromatic ring is 1. The van der Waals surface area contributed by atoms with E-state index in [0.717, 1.165) is 11.3 Å². The fraction of sp³-hybridized carbons (Fsp3) is 0.222. The van der Waals surface area contributed by atoms with Crippen molar-refractivity contribution in [1.29, 1.82) is 0 Å². The average Bonchev–Trinajstić information content (AvgIpc) is 2.15. The highest BCUT2D eigenvalue weighted by Gasteiger charge is 1.96. The van der Waals surface area contributed by atoms with Crippen molar-refractivity contribution in [3.63, 3.8) is 0 Å². The Kier molecular flexibility index (Phi) is 5.67. The van der Waals surface area contributed by atoms with Gasteiger partial charge in [0, 0.05) is 12.1 Å². The molecule has 0 unspecified atom stereocenters. The number of benzene rings is 1. The van der Waals surface area contributed by atoms with Crippen molar-refractivity contribution in [1.82, 2.24) is 0 Å². The summed E-state index contributed by atoms with van der Waals surface area (Å²) < 4.78 is 0. The van der Waals surface area contributed by atoms with Crippen molar-refractivity contribution in [3.8, 4) is 0 Å². The molecule has 14 heavy (non-hydrogen) atoms. The molecule has 0 spiro atoms. The van der Waals surface area contributed by atoms with E-state index in [-0.39, 0.29) is 18.3 Å². The van der Waals surface area contributed by atoms with E-state index in [2.05, 4.69) is 5.43 Å². The molecule has 1 amide bonds. The quantitative estimate of drug-likeness (QED) is 0.514. The van der Waals surface area contributed by atoms with Gasteiger partial charge < -0.3 is 11.2 Å². The molecule has 5 N–H and O–H groups in total. The Bertz CT molecular complexity index is 287. The molecule has 5 heteroatoms. The third-order valence-corrected chi connectivity index (χ3v) is 1.78. The number of hydrogen-bond acceptors (Lipinski definition) is 3. The first-order valence-electron chi connectivity index (χ1n) is 4.06. The molecule has 0 aromatic heterocycles. The largest absolute Gasteiger partial charge is 0.370 e. The highest BCUT2D eigenvalue weighted by Crippen LogP contribution is 2.09. The summed E-state index contributed by atoms with van der Waals surface area (Å²) in [6, 6.07) is 7.54. The van der Waals surface area contributed by atoms with Gasteiger partial charge in [-0.15, -0.1) is 12.4 Å². The monoisotopic (exact) mass is 215 g/mol. The zero-order valence-corrected chi connectivity index (χ0v) is 8.51. The van der Waals surface area contributed by atoms with Gasteiger partial charge in [-0.25, -0.2) is 0 Å². The SMILES string of the molecule is Cl.NNc1ccc(CCC(N)=O)cc1. The van der Waals surface area contributed by atoms with Gasteiger partial charge in [0.25, 0.3) is 0 Å². The lowest BCUT2D eigenvalue weighted by atomic mass is 10.1. The number of aryl methyl sites for hydroxylation is 1. The number of hydrazine groups is 1. The Balaban J connectivity index is 0.00000169. The molecule has 0 atom stereocenters. The van der Waals surface area contributed by atoms with Crippen LogP contribution in [0, 0.1) is 0 Å². The van der Waals surface area contributed by atoms with Crippen LogP contribution in [-0.2, 0) is 11.2 Å². The molecule has 0 heterocycles. The van der Waals surface area contributed by atoms with Gasteiger partial charge in [0.1, 0.15) is 0 Å². The third kappa shape index (κ3) is 4.11. The van der Waals surface area contributed by atoms with Crippen molar-refractivity contribution >= 4 is 24.0 Å². The molecular weight excluding hydrogens is 202 g/mol. The van der Waals surface area contributed by atoms with Gasteiger partial charge in [-0.2, -0.15) is 0 Å². The maximum Gasteiger partial charge on any atom is 0.217 e. The Morgan fingerprint density at radius 1 is 1.29 bits per heavy atom. The zero-order valence-electron chi connectivity index (χ0n) is 7.69. The van der Waals surface area contributed by atoms with Crippen LogP contribution in [0.5, 0.6) is 0 Å². The maximum atomic E-state index is 10.5. The van der Waals surface area contributed by atoms with Crippen molar-refractivity contribution in [2.45, 2.75) is 12.8 Å². The second-order valence-corrected chi connectivity index (χ2v) is 2.81. The molecular formula is C9H14ClN3O. The minimum absolute atomic E-state index is 0. The normalized spacial score (nSPS) is 8.93. The van der Waals surface area contributed by atoms with Crippen molar-refractivity contribution in [2.24, 2.45) is 11.6 Å². The lowest BCUT2D eigenvalue weighted by Crippen LogP contribution is -2.11. The first kappa shape index (κ1) is 12.7. The molecule has 0 bridgehead atoms. The Hall–Kier alpha value is -1.26.